The number of hydrogen-bond acceptors (Lipinski definition) is 6. The van der Waals surface area contributed by atoms with E-state index in [9.17, 15) is 9.59 Å². The lowest BCUT2D eigenvalue weighted by atomic mass is 10.2. The molecule has 0 saturated carbocycles. The first-order chi connectivity index (χ1) is 7.69. The van der Waals surface area contributed by atoms with Gasteiger partial charge < -0.3 is 19.3 Å². The summed E-state index contributed by atoms with van der Waals surface area (Å²) in [5.41, 5.74) is 0.0971. The maximum atomic E-state index is 11.3. The number of aliphatic hydroxyl groups excluding tert-OH is 1. The van der Waals surface area contributed by atoms with Crippen molar-refractivity contribution in [3.05, 3.63) is 29.8 Å². The Morgan fingerprint density at radius 3 is 2.62 bits per heavy atom. The highest BCUT2D eigenvalue weighted by Gasteiger charge is 2.15. The number of hydrogen-bond donors (Lipinski definition) is 1. The van der Waals surface area contributed by atoms with E-state index in [-0.39, 0.29) is 11.3 Å². The molecule has 1 N–H and O–H groups in total. The molecule has 1 rings (SSSR count). The maximum Gasteiger partial charge on any atom is 0.515 e. The number of aliphatic hydroxyl groups is 1. The molecule has 0 aromatic heterocycles. The molecule has 0 heterocycles. The highest BCUT2D eigenvalue weighted by molar-refractivity contribution is 5.93. The SMILES string of the molecule is COC(=O)c1ccccc1OC(=O)OCO. The molecule has 0 bridgehead atoms. The number of esters is 1. The minimum Gasteiger partial charge on any atom is -0.465 e. The van der Waals surface area contributed by atoms with Crippen molar-refractivity contribution in [3.63, 3.8) is 0 Å². The standard InChI is InChI=1S/C10H10O6/c1-14-9(12)7-4-2-3-5-8(7)16-10(13)15-6-11/h2-5,11H,6H2,1H3. The lowest BCUT2D eigenvalue weighted by Crippen LogP contribution is -2.13. The third kappa shape index (κ3) is 2.96. The molecule has 1 aromatic carbocycles. The zero-order valence-electron chi connectivity index (χ0n) is 8.50. The molecule has 86 valence electrons. The van der Waals surface area contributed by atoms with Crippen LogP contribution in [0.2, 0.25) is 0 Å². The summed E-state index contributed by atoms with van der Waals surface area (Å²) in [6.07, 6.45) is -1.10. The van der Waals surface area contributed by atoms with Crippen molar-refractivity contribution in [1.29, 1.82) is 0 Å². The lowest BCUT2D eigenvalue weighted by molar-refractivity contribution is 0.0182. The third-order valence-electron chi connectivity index (χ3n) is 1.67. The number of ether oxygens (including phenoxy) is 3. The number of para-hydroxylation sites is 1. The van der Waals surface area contributed by atoms with Crippen LogP contribution in [-0.2, 0) is 9.47 Å². The van der Waals surface area contributed by atoms with Gasteiger partial charge in [-0.15, -0.1) is 0 Å². The molecule has 6 nitrogen and oxygen atoms in total. The van der Waals surface area contributed by atoms with Crippen LogP contribution in [0.1, 0.15) is 10.4 Å². The third-order valence-corrected chi connectivity index (χ3v) is 1.67. The Hall–Kier alpha value is -2.08. The number of rotatable bonds is 3. The van der Waals surface area contributed by atoms with Gasteiger partial charge in [0.25, 0.3) is 0 Å². The van der Waals surface area contributed by atoms with Gasteiger partial charge >= 0.3 is 12.1 Å². The summed E-state index contributed by atoms with van der Waals surface area (Å²) in [6, 6.07) is 6.02. The van der Waals surface area contributed by atoms with E-state index in [1.807, 2.05) is 0 Å². The Labute approximate surface area is 91.3 Å². The van der Waals surface area contributed by atoms with Crippen molar-refractivity contribution in [2.75, 3.05) is 13.9 Å². The van der Waals surface area contributed by atoms with Crippen LogP contribution in [0, 0.1) is 0 Å². The average Bonchev–Trinajstić information content (AvgIpc) is 2.29. The fourth-order valence-electron chi connectivity index (χ4n) is 1.01. The Morgan fingerprint density at radius 1 is 1.31 bits per heavy atom. The fourth-order valence-corrected chi connectivity index (χ4v) is 1.01. The molecule has 6 heteroatoms. The maximum absolute atomic E-state index is 11.3. The molecule has 0 spiro atoms. The van der Waals surface area contributed by atoms with E-state index in [1.165, 1.54) is 19.2 Å². The second-order valence-electron chi connectivity index (χ2n) is 2.61. The second kappa shape index (κ2) is 5.72. The Kier molecular flexibility index (Phi) is 4.28. The highest BCUT2D eigenvalue weighted by Crippen LogP contribution is 2.19. The number of benzene rings is 1. The molecule has 0 unspecified atom stereocenters. The molecular formula is C10H10O6. The van der Waals surface area contributed by atoms with Crippen LogP contribution >= 0.6 is 0 Å². The predicted octanol–water partition coefficient (Wildman–Crippen LogP) is 0.938. The monoisotopic (exact) mass is 226 g/mol. The molecule has 0 aliphatic rings. The van der Waals surface area contributed by atoms with Crippen LogP contribution in [0.3, 0.4) is 0 Å². The molecule has 0 atom stereocenters. The van der Waals surface area contributed by atoms with Gasteiger partial charge in [-0.25, -0.2) is 9.59 Å². The van der Waals surface area contributed by atoms with Gasteiger partial charge in [-0.1, -0.05) is 12.1 Å². The van der Waals surface area contributed by atoms with Crippen molar-refractivity contribution in [2.24, 2.45) is 0 Å². The van der Waals surface area contributed by atoms with Crippen LogP contribution < -0.4 is 4.74 Å². The van der Waals surface area contributed by atoms with Crippen LogP contribution in [-0.4, -0.2) is 31.1 Å². The fraction of sp³-hybridized carbons (Fsp3) is 0.200. The first-order valence-corrected chi connectivity index (χ1v) is 4.32. The summed E-state index contributed by atoms with van der Waals surface area (Å²) in [5, 5.41) is 8.32. The van der Waals surface area contributed by atoms with E-state index in [2.05, 4.69) is 14.2 Å². The van der Waals surface area contributed by atoms with E-state index in [1.54, 1.807) is 12.1 Å². The summed E-state index contributed by atoms with van der Waals surface area (Å²) >= 11 is 0. The molecule has 0 amide bonds. The Morgan fingerprint density at radius 2 is 2.00 bits per heavy atom. The van der Waals surface area contributed by atoms with Crippen molar-refractivity contribution < 1.29 is 28.9 Å². The minimum absolute atomic E-state index is 0.00722. The van der Waals surface area contributed by atoms with E-state index in [0.717, 1.165) is 0 Å². The molecule has 0 fully saturated rings. The largest absolute Gasteiger partial charge is 0.515 e. The van der Waals surface area contributed by atoms with Gasteiger partial charge in [-0.3, -0.25) is 0 Å². The van der Waals surface area contributed by atoms with Gasteiger partial charge in [0.15, 0.2) is 6.79 Å². The summed E-state index contributed by atoms with van der Waals surface area (Å²) in [6.45, 7) is -0.792. The van der Waals surface area contributed by atoms with Crippen LogP contribution in [0.5, 0.6) is 5.75 Å². The minimum atomic E-state index is -1.10. The summed E-state index contributed by atoms with van der Waals surface area (Å²) in [4.78, 5) is 22.2. The summed E-state index contributed by atoms with van der Waals surface area (Å²) in [7, 11) is 1.21. The van der Waals surface area contributed by atoms with Gasteiger partial charge in [0.1, 0.15) is 11.3 Å². The van der Waals surface area contributed by atoms with Crippen LogP contribution in [0.25, 0.3) is 0 Å². The van der Waals surface area contributed by atoms with Gasteiger partial charge in [0, 0.05) is 0 Å². The van der Waals surface area contributed by atoms with Crippen LogP contribution in [0.4, 0.5) is 4.79 Å². The highest BCUT2D eigenvalue weighted by atomic mass is 16.8. The summed E-state index contributed by atoms with van der Waals surface area (Å²) in [5.74, 6) is -0.625. The number of methoxy groups -OCH3 is 1. The van der Waals surface area contributed by atoms with Crippen molar-refractivity contribution >= 4 is 12.1 Å². The quantitative estimate of drug-likeness (QED) is 0.469. The molecule has 0 aliphatic heterocycles. The van der Waals surface area contributed by atoms with E-state index in [4.69, 9.17) is 5.11 Å². The number of carbonyl (C=O) groups excluding carboxylic acids is 2. The van der Waals surface area contributed by atoms with Crippen molar-refractivity contribution in [1.82, 2.24) is 0 Å². The van der Waals surface area contributed by atoms with Crippen molar-refractivity contribution in [3.8, 4) is 5.75 Å². The molecule has 1 aromatic rings. The van der Waals surface area contributed by atoms with Gasteiger partial charge in [-0.05, 0) is 12.1 Å². The zero-order valence-corrected chi connectivity index (χ0v) is 8.50. The molecule has 0 aliphatic carbocycles. The van der Waals surface area contributed by atoms with E-state index in [0.29, 0.717) is 0 Å². The summed E-state index contributed by atoms with van der Waals surface area (Å²) < 4.78 is 13.3. The van der Waals surface area contributed by atoms with Gasteiger partial charge in [0.05, 0.1) is 7.11 Å². The Balaban J connectivity index is 2.87. The topological polar surface area (TPSA) is 82.1 Å². The second-order valence-corrected chi connectivity index (χ2v) is 2.61. The van der Waals surface area contributed by atoms with Gasteiger partial charge in [-0.2, -0.15) is 0 Å². The molecular weight excluding hydrogens is 216 g/mol. The average molecular weight is 226 g/mol. The van der Waals surface area contributed by atoms with E-state index >= 15 is 0 Å². The lowest BCUT2D eigenvalue weighted by Gasteiger charge is -2.07. The number of carbonyl (C=O) groups is 2. The zero-order chi connectivity index (χ0) is 12.0. The molecule has 0 saturated heterocycles. The van der Waals surface area contributed by atoms with Gasteiger partial charge in [0.2, 0.25) is 0 Å². The predicted molar refractivity (Wildman–Crippen MR) is 52.0 cm³/mol. The molecule has 16 heavy (non-hydrogen) atoms. The smallest absolute Gasteiger partial charge is 0.465 e. The normalized spacial score (nSPS) is 9.38. The first kappa shape index (κ1) is 12.0. The Bertz CT molecular complexity index is 387. The van der Waals surface area contributed by atoms with Crippen LogP contribution in [0.15, 0.2) is 24.3 Å². The van der Waals surface area contributed by atoms with E-state index < -0.39 is 18.9 Å². The van der Waals surface area contributed by atoms with Crippen molar-refractivity contribution in [2.45, 2.75) is 0 Å². The first-order valence-electron chi connectivity index (χ1n) is 4.32. The molecule has 0 radical (unpaired) electrons.